The molecule has 0 radical (unpaired) electrons. The Balaban J connectivity index is 1.61. The minimum Gasteiger partial charge on any atom is -0.493 e. The van der Waals surface area contributed by atoms with E-state index in [9.17, 15) is 9.59 Å². The first-order valence-corrected chi connectivity index (χ1v) is 12.2. The van der Waals surface area contributed by atoms with Crippen molar-refractivity contribution in [2.75, 3.05) is 33.6 Å². The van der Waals surface area contributed by atoms with Crippen LogP contribution in [-0.4, -0.2) is 69.9 Å². The Morgan fingerprint density at radius 3 is 2.73 bits per heavy atom. The fourth-order valence-electron chi connectivity index (χ4n) is 3.90. The molecule has 33 heavy (non-hydrogen) atoms. The summed E-state index contributed by atoms with van der Waals surface area (Å²) in [5, 5.41) is 9.31. The number of para-hydroxylation sites is 1. The zero-order valence-electron chi connectivity index (χ0n) is 19.9. The van der Waals surface area contributed by atoms with Crippen molar-refractivity contribution in [3.63, 3.8) is 0 Å². The lowest BCUT2D eigenvalue weighted by Gasteiger charge is -2.20. The summed E-state index contributed by atoms with van der Waals surface area (Å²) < 4.78 is 12.8. The maximum absolute atomic E-state index is 12.8. The van der Waals surface area contributed by atoms with Crippen LogP contribution in [0.25, 0.3) is 0 Å². The van der Waals surface area contributed by atoms with Gasteiger partial charge >= 0.3 is 0 Å². The summed E-state index contributed by atoms with van der Waals surface area (Å²) in [6, 6.07) is 5.63. The molecule has 1 fully saturated rings. The summed E-state index contributed by atoms with van der Waals surface area (Å²) in [5.74, 6) is 2.42. The number of carbonyl (C=O) groups is 2. The number of likely N-dealkylation sites (tertiary alicyclic amines) is 1. The van der Waals surface area contributed by atoms with Gasteiger partial charge in [0.1, 0.15) is 0 Å². The normalized spacial score (nSPS) is 14.2. The minimum atomic E-state index is -0.0280. The third kappa shape index (κ3) is 6.19. The van der Waals surface area contributed by atoms with Gasteiger partial charge in [-0.05, 0) is 25.8 Å². The highest BCUT2D eigenvalue weighted by Crippen LogP contribution is 2.31. The molecule has 0 bridgehead atoms. The Labute approximate surface area is 199 Å². The van der Waals surface area contributed by atoms with Gasteiger partial charge in [-0.3, -0.25) is 9.59 Å². The highest BCUT2D eigenvalue weighted by Gasteiger charge is 2.22. The van der Waals surface area contributed by atoms with E-state index in [1.54, 1.807) is 26.2 Å². The Morgan fingerprint density at radius 2 is 2.00 bits per heavy atom. The van der Waals surface area contributed by atoms with Crippen molar-refractivity contribution < 1.29 is 19.1 Å². The number of ether oxygens (including phenoxy) is 2. The monoisotopic (exact) mass is 475 g/mol. The van der Waals surface area contributed by atoms with Gasteiger partial charge in [0.05, 0.1) is 26.5 Å². The third-order valence-electron chi connectivity index (χ3n) is 5.76. The molecule has 10 heteroatoms. The summed E-state index contributed by atoms with van der Waals surface area (Å²) in [5.41, 5.74) is 0.874. The highest BCUT2D eigenvalue weighted by atomic mass is 32.2. The van der Waals surface area contributed by atoms with E-state index >= 15 is 0 Å². The van der Waals surface area contributed by atoms with Crippen molar-refractivity contribution in [3.8, 4) is 11.5 Å². The summed E-state index contributed by atoms with van der Waals surface area (Å²) >= 11 is 1.36. The summed E-state index contributed by atoms with van der Waals surface area (Å²) in [4.78, 5) is 28.7. The number of carbonyl (C=O) groups excluding carboxylic acids is 2. The van der Waals surface area contributed by atoms with Crippen molar-refractivity contribution >= 4 is 23.6 Å². The van der Waals surface area contributed by atoms with Crippen LogP contribution in [0.3, 0.4) is 0 Å². The molecule has 0 N–H and O–H groups in total. The summed E-state index contributed by atoms with van der Waals surface area (Å²) in [6.45, 7) is 4.32. The van der Waals surface area contributed by atoms with Crippen LogP contribution in [0.5, 0.6) is 11.5 Å². The quantitative estimate of drug-likeness (QED) is 0.488. The molecule has 0 aliphatic carbocycles. The summed E-state index contributed by atoms with van der Waals surface area (Å²) in [6.07, 6.45) is 3.66. The van der Waals surface area contributed by atoms with Gasteiger partial charge in [-0.15, -0.1) is 10.2 Å². The first-order chi connectivity index (χ1) is 16.0. The Morgan fingerprint density at radius 1 is 1.18 bits per heavy atom. The second-order valence-electron chi connectivity index (χ2n) is 7.96. The average Bonchev–Trinajstić information content (AvgIpc) is 3.10. The molecule has 0 atom stereocenters. The van der Waals surface area contributed by atoms with E-state index in [2.05, 4.69) is 10.2 Å². The average molecular weight is 476 g/mol. The molecule has 3 rings (SSSR count). The van der Waals surface area contributed by atoms with Crippen LogP contribution in [0.4, 0.5) is 0 Å². The number of amides is 2. The van der Waals surface area contributed by atoms with Gasteiger partial charge in [-0.25, -0.2) is 0 Å². The molecule has 180 valence electrons. The second-order valence-corrected chi connectivity index (χ2v) is 8.90. The molecule has 1 aliphatic heterocycles. The van der Waals surface area contributed by atoms with Crippen LogP contribution in [0, 0.1) is 0 Å². The predicted molar refractivity (Wildman–Crippen MR) is 126 cm³/mol. The number of rotatable bonds is 10. The number of aromatic nitrogens is 3. The SMILES string of the molecule is CCn1c(CN2CCCCCC2=O)nnc1SCC(=O)N(C)Cc1cccc(OC)c1OC. The van der Waals surface area contributed by atoms with Crippen molar-refractivity contribution in [1.29, 1.82) is 0 Å². The maximum atomic E-state index is 12.8. The Kier molecular flexibility index (Phi) is 8.99. The number of hydrogen-bond acceptors (Lipinski definition) is 7. The molecule has 2 amide bonds. The first kappa shape index (κ1) is 24.9. The molecule has 0 spiro atoms. The maximum Gasteiger partial charge on any atom is 0.233 e. The van der Waals surface area contributed by atoms with Crippen LogP contribution in [-0.2, 0) is 29.2 Å². The van der Waals surface area contributed by atoms with Gasteiger partial charge in [-0.2, -0.15) is 0 Å². The molecule has 2 aromatic rings. The minimum absolute atomic E-state index is 0.0280. The number of benzene rings is 1. The lowest BCUT2D eigenvalue weighted by atomic mass is 10.1. The standard InChI is InChI=1S/C23H33N5O4S/c1-5-28-19(15-27-13-8-6-7-12-20(27)29)24-25-23(28)33-16-21(30)26(2)14-17-10-9-11-18(31-3)22(17)32-4/h9-11H,5-8,12-16H2,1-4H3. The number of thioether (sulfide) groups is 1. The molecule has 2 heterocycles. The van der Waals surface area contributed by atoms with Gasteiger partial charge in [0.25, 0.3) is 0 Å². The molecular weight excluding hydrogens is 442 g/mol. The Hall–Kier alpha value is -2.75. The van der Waals surface area contributed by atoms with Crippen LogP contribution in [0.15, 0.2) is 23.4 Å². The third-order valence-corrected chi connectivity index (χ3v) is 6.71. The van der Waals surface area contributed by atoms with Crippen molar-refractivity contribution in [3.05, 3.63) is 29.6 Å². The van der Waals surface area contributed by atoms with E-state index in [0.717, 1.165) is 37.2 Å². The molecule has 1 aliphatic rings. The fraction of sp³-hybridized carbons (Fsp3) is 0.565. The topological polar surface area (TPSA) is 89.8 Å². The van der Waals surface area contributed by atoms with E-state index in [4.69, 9.17) is 9.47 Å². The first-order valence-electron chi connectivity index (χ1n) is 11.2. The van der Waals surface area contributed by atoms with E-state index in [-0.39, 0.29) is 17.6 Å². The van der Waals surface area contributed by atoms with Crippen molar-refractivity contribution in [1.82, 2.24) is 24.6 Å². The van der Waals surface area contributed by atoms with Crippen molar-refractivity contribution in [2.45, 2.75) is 57.4 Å². The summed E-state index contributed by atoms with van der Waals surface area (Å²) in [7, 11) is 4.95. The van der Waals surface area contributed by atoms with Crippen LogP contribution >= 0.6 is 11.8 Å². The zero-order chi connectivity index (χ0) is 23.8. The van der Waals surface area contributed by atoms with Crippen LogP contribution in [0.2, 0.25) is 0 Å². The fourth-order valence-corrected chi connectivity index (χ4v) is 4.86. The number of methoxy groups -OCH3 is 2. The molecule has 1 aromatic carbocycles. The highest BCUT2D eigenvalue weighted by molar-refractivity contribution is 7.99. The van der Waals surface area contributed by atoms with E-state index in [1.807, 2.05) is 34.6 Å². The van der Waals surface area contributed by atoms with Gasteiger partial charge in [0.15, 0.2) is 22.5 Å². The lowest BCUT2D eigenvalue weighted by molar-refractivity contribution is -0.131. The van der Waals surface area contributed by atoms with Crippen LogP contribution < -0.4 is 9.47 Å². The van der Waals surface area contributed by atoms with E-state index in [1.165, 1.54) is 11.8 Å². The van der Waals surface area contributed by atoms with Gasteiger partial charge in [-0.1, -0.05) is 30.3 Å². The smallest absolute Gasteiger partial charge is 0.233 e. The van der Waals surface area contributed by atoms with Gasteiger partial charge < -0.3 is 23.8 Å². The second kappa shape index (κ2) is 11.9. The molecule has 1 saturated heterocycles. The number of nitrogens with zero attached hydrogens (tertiary/aromatic N) is 5. The molecule has 0 unspecified atom stereocenters. The van der Waals surface area contributed by atoms with Crippen LogP contribution in [0.1, 0.15) is 44.0 Å². The molecule has 1 aromatic heterocycles. The predicted octanol–water partition coefficient (Wildman–Crippen LogP) is 2.97. The lowest BCUT2D eigenvalue weighted by Crippen LogP contribution is -2.31. The van der Waals surface area contributed by atoms with E-state index < -0.39 is 0 Å². The molecule has 0 saturated carbocycles. The number of hydrogen-bond donors (Lipinski definition) is 0. The van der Waals surface area contributed by atoms with Gasteiger partial charge in [0, 0.05) is 38.7 Å². The zero-order valence-corrected chi connectivity index (χ0v) is 20.7. The van der Waals surface area contributed by atoms with E-state index in [0.29, 0.717) is 42.7 Å². The van der Waals surface area contributed by atoms with Gasteiger partial charge in [0.2, 0.25) is 11.8 Å². The van der Waals surface area contributed by atoms with Crippen molar-refractivity contribution in [2.24, 2.45) is 0 Å². The molecule has 9 nitrogen and oxygen atoms in total. The Bertz CT molecular complexity index is 964. The largest absolute Gasteiger partial charge is 0.493 e. The molecular formula is C23H33N5O4S.